The Bertz CT molecular complexity index is 459. The number of methoxy groups -OCH3 is 1. The van der Waals surface area contributed by atoms with Crippen LogP contribution in [0.4, 0.5) is 0 Å². The van der Waals surface area contributed by atoms with Gasteiger partial charge in [-0.05, 0) is 48.6 Å². The number of carbonyl (C=O) groups is 1. The lowest BCUT2D eigenvalue weighted by atomic mass is 9.95. The molecule has 0 aromatic heterocycles. The fourth-order valence-corrected chi connectivity index (χ4v) is 1.81. The van der Waals surface area contributed by atoms with Crippen molar-refractivity contribution in [1.82, 2.24) is 0 Å². The van der Waals surface area contributed by atoms with Crippen LogP contribution in [0.1, 0.15) is 22.3 Å². The smallest absolute Gasteiger partial charge is 0.328 e. The maximum atomic E-state index is 10.8. The Labute approximate surface area is 102 Å². The van der Waals surface area contributed by atoms with Crippen molar-refractivity contribution in [3.05, 3.63) is 40.5 Å². The topological polar surface area (TPSA) is 46.5 Å². The second-order valence-corrected chi connectivity index (χ2v) is 4.19. The molecule has 1 aromatic rings. The van der Waals surface area contributed by atoms with Gasteiger partial charge >= 0.3 is 5.97 Å². The molecular formula is C14H18O3. The molecule has 0 aliphatic rings. The summed E-state index contributed by atoms with van der Waals surface area (Å²) in [6.45, 7) is 6.34. The molecule has 3 heteroatoms. The van der Waals surface area contributed by atoms with Crippen LogP contribution < -0.4 is 0 Å². The molecule has 0 saturated carbocycles. The molecular weight excluding hydrogens is 216 g/mol. The third-order valence-corrected chi connectivity index (χ3v) is 2.78. The normalized spacial score (nSPS) is 11.6. The molecule has 1 rings (SSSR count). The Kier molecular flexibility index (Phi) is 4.46. The van der Waals surface area contributed by atoms with Crippen molar-refractivity contribution in [2.45, 2.75) is 20.8 Å². The molecule has 1 N–H and O–H groups in total. The lowest BCUT2D eigenvalue weighted by molar-refractivity contribution is -0.131. The van der Waals surface area contributed by atoms with Crippen LogP contribution in [0.25, 0.3) is 5.57 Å². The fourth-order valence-electron chi connectivity index (χ4n) is 1.81. The van der Waals surface area contributed by atoms with Gasteiger partial charge in [0.15, 0.2) is 0 Å². The molecule has 0 saturated heterocycles. The van der Waals surface area contributed by atoms with E-state index in [0.29, 0.717) is 12.2 Å². The van der Waals surface area contributed by atoms with E-state index in [2.05, 4.69) is 6.07 Å². The van der Waals surface area contributed by atoms with Crippen LogP contribution in [0, 0.1) is 20.8 Å². The first kappa shape index (κ1) is 13.5. The standard InChI is InChI=1S/C14H18O3/c1-9-5-11(3)13(6-10(9)2)12(8-17-4)7-14(15)16/h5-7H,8H2,1-4H3,(H,15,16)/b12-7+. The quantitative estimate of drug-likeness (QED) is 0.815. The second-order valence-electron chi connectivity index (χ2n) is 4.19. The predicted molar refractivity (Wildman–Crippen MR) is 68.1 cm³/mol. The average molecular weight is 234 g/mol. The molecule has 0 fully saturated rings. The highest BCUT2D eigenvalue weighted by Crippen LogP contribution is 2.23. The van der Waals surface area contributed by atoms with Crippen LogP contribution in [-0.4, -0.2) is 24.8 Å². The Morgan fingerprint density at radius 3 is 2.35 bits per heavy atom. The zero-order valence-corrected chi connectivity index (χ0v) is 10.7. The van der Waals surface area contributed by atoms with Crippen LogP contribution in [0.2, 0.25) is 0 Å². The molecule has 0 aliphatic carbocycles. The molecule has 0 aliphatic heterocycles. The van der Waals surface area contributed by atoms with Crippen LogP contribution in [-0.2, 0) is 9.53 Å². The SMILES string of the molecule is COC/C(=C\C(=O)O)c1cc(C)c(C)cc1C. The number of benzene rings is 1. The van der Waals surface area contributed by atoms with Crippen LogP contribution >= 0.6 is 0 Å². The minimum atomic E-state index is -0.949. The van der Waals surface area contributed by atoms with E-state index in [0.717, 1.165) is 16.7 Å². The predicted octanol–water partition coefficient (Wildman–Crippen LogP) is 2.73. The van der Waals surface area contributed by atoms with Crippen molar-refractivity contribution in [2.75, 3.05) is 13.7 Å². The number of hydrogen-bond donors (Lipinski definition) is 1. The number of aliphatic carboxylic acids is 1. The summed E-state index contributed by atoms with van der Waals surface area (Å²) in [4.78, 5) is 10.8. The summed E-state index contributed by atoms with van der Waals surface area (Å²) in [7, 11) is 1.56. The van der Waals surface area contributed by atoms with Crippen LogP contribution in [0.3, 0.4) is 0 Å². The Morgan fingerprint density at radius 1 is 1.24 bits per heavy atom. The highest BCUT2D eigenvalue weighted by Gasteiger charge is 2.09. The van der Waals surface area contributed by atoms with Gasteiger partial charge in [-0.3, -0.25) is 0 Å². The van der Waals surface area contributed by atoms with Crippen molar-refractivity contribution < 1.29 is 14.6 Å². The first-order chi connectivity index (χ1) is 7.95. The number of carboxylic acids is 1. The average Bonchev–Trinajstić information content (AvgIpc) is 2.22. The molecule has 0 amide bonds. The molecule has 0 radical (unpaired) electrons. The fraction of sp³-hybridized carbons (Fsp3) is 0.357. The van der Waals surface area contributed by atoms with E-state index in [1.807, 2.05) is 26.8 Å². The van der Waals surface area contributed by atoms with Gasteiger partial charge in [-0.25, -0.2) is 4.79 Å². The molecule has 17 heavy (non-hydrogen) atoms. The second kappa shape index (κ2) is 5.64. The molecule has 0 atom stereocenters. The van der Waals surface area contributed by atoms with Gasteiger partial charge in [0.1, 0.15) is 0 Å². The Morgan fingerprint density at radius 2 is 1.82 bits per heavy atom. The molecule has 0 spiro atoms. The number of aryl methyl sites for hydroxylation is 3. The van der Waals surface area contributed by atoms with E-state index in [1.165, 1.54) is 11.6 Å². The van der Waals surface area contributed by atoms with Gasteiger partial charge in [0.2, 0.25) is 0 Å². The molecule has 0 unspecified atom stereocenters. The van der Waals surface area contributed by atoms with Crippen molar-refractivity contribution in [2.24, 2.45) is 0 Å². The summed E-state index contributed by atoms with van der Waals surface area (Å²) in [5.74, 6) is -0.949. The largest absolute Gasteiger partial charge is 0.478 e. The van der Waals surface area contributed by atoms with E-state index in [4.69, 9.17) is 9.84 Å². The van der Waals surface area contributed by atoms with Gasteiger partial charge in [-0.1, -0.05) is 12.1 Å². The first-order valence-electron chi connectivity index (χ1n) is 5.46. The summed E-state index contributed by atoms with van der Waals surface area (Å²) in [5, 5.41) is 8.85. The van der Waals surface area contributed by atoms with Gasteiger partial charge in [0.05, 0.1) is 6.61 Å². The van der Waals surface area contributed by atoms with Crippen LogP contribution in [0.5, 0.6) is 0 Å². The van der Waals surface area contributed by atoms with E-state index in [-0.39, 0.29) is 0 Å². The third-order valence-electron chi connectivity index (χ3n) is 2.78. The van der Waals surface area contributed by atoms with Crippen molar-refractivity contribution in [1.29, 1.82) is 0 Å². The first-order valence-corrected chi connectivity index (χ1v) is 5.46. The number of ether oxygens (including phenoxy) is 1. The van der Waals surface area contributed by atoms with E-state index < -0.39 is 5.97 Å². The van der Waals surface area contributed by atoms with Gasteiger partial charge in [-0.15, -0.1) is 0 Å². The monoisotopic (exact) mass is 234 g/mol. The molecule has 0 bridgehead atoms. The molecule has 0 heterocycles. The number of carboxylic acid groups (broad SMARTS) is 1. The highest BCUT2D eigenvalue weighted by atomic mass is 16.5. The minimum absolute atomic E-state index is 0.301. The maximum absolute atomic E-state index is 10.8. The van der Waals surface area contributed by atoms with Crippen molar-refractivity contribution in [3.8, 4) is 0 Å². The number of rotatable bonds is 4. The van der Waals surface area contributed by atoms with Gasteiger partial charge < -0.3 is 9.84 Å². The van der Waals surface area contributed by atoms with Crippen molar-refractivity contribution >= 4 is 11.5 Å². The molecule has 1 aromatic carbocycles. The van der Waals surface area contributed by atoms with Crippen LogP contribution in [0.15, 0.2) is 18.2 Å². The molecule has 92 valence electrons. The van der Waals surface area contributed by atoms with E-state index >= 15 is 0 Å². The summed E-state index contributed by atoms with van der Waals surface area (Å²) >= 11 is 0. The van der Waals surface area contributed by atoms with Crippen molar-refractivity contribution in [3.63, 3.8) is 0 Å². The minimum Gasteiger partial charge on any atom is -0.478 e. The number of hydrogen-bond acceptors (Lipinski definition) is 2. The van der Waals surface area contributed by atoms with Gasteiger partial charge in [0.25, 0.3) is 0 Å². The summed E-state index contributed by atoms with van der Waals surface area (Å²) in [5.41, 5.74) is 5.06. The Hall–Kier alpha value is -1.61. The lowest BCUT2D eigenvalue weighted by Crippen LogP contribution is -2.01. The maximum Gasteiger partial charge on any atom is 0.328 e. The van der Waals surface area contributed by atoms with Gasteiger partial charge in [0, 0.05) is 13.2 Å². The summed E-state index contributed by atoms with van der Waals surface area (Å²) in [6, 6.07) is 4.08. The highest BCUT2D eigenvalue weighted by molar-refractivity contribution is 5.91. The van der Waals surface area contributed by atoms with Gasteiger partial charge in [-0.2, -0.15) is 0 Å². The summed E-state index contributed by atoms with van der Waals surface area (Å²) in [6.07, 6.45) is 1.21. The zero-order valence-electron chi connectivity index (χ0n) is 10.7. The van der Waals surface area contributed by atoms with E-state index in [1.54, 1.807) is 7.11 Å². The summed E-state index contributed by atoms with van der Waals surface area (Å²) < 4.78 is 5.05. The molecule has 3 nitrogen and oxygen atoms in total. The lowest BCUT2D eigenvalue weighted by Gasteiger charge is -2.12. The zero-order chi connectivity index (χ0) is 13.0. The third kappa shape index (κ3) is 3.43. The van der Waals surface area contributed by atoms with E-state index in [9.17, 15) is 4.79 Å². The Balaban J connectivity index is 3.28.